The van der Waals surface area contributed by atoms with Crippen molar-refractivity contribution in [3.8, 4) is 0 Å². The van der Waals surface area contributed by atoms with E-state index in [1.54, 1.807) is 0 Å². The number of rotatable bonds is 9. The first kappa shape index (κ1) is 21.6. The number of nitrogens with one attached hydrogen (secondary N) is 3. The average Bonchev–Trinajstić information content (AvgIpc) is 2.70. The van der Waals surface area contributed by atoms with E-state index in [1.807, 2.05) is 55.5 Å². The summed E-state index contributed by atoms with van der Waals surface area (Å²) in [6, 6.07) is 15.3. The molecule has 0 saturated heterocycles. The summed E-state index contributed by atoms with van der Waals surface area (Å²) >= 11 is 3.42. The summed E-state index contributed by atoms with van der Waals surface area (Å²) in [5.74, 6) is -1.55. The van der Waals surface area contributed by atoms with E-state index in [2.05, 4.69) is 37.1 Å². The van der Waals surface area contributed by atoms with E-state index in [0.29, 0.717) is 26.2 Å². The van der Waals surface area contributed by atoms with Gasteiger partial charge in [0.25, 0.3) is 0 Å². The molecule has 0 aromatic heterocycles. The summed E-state index contributed by atoms with van der Waals surface area (Å²) in [6.07, 6.45) is 2.12. The van der Waals surface area contributed by atoms with Gasteiger partial charge in [-0.05, 0) is 43.7 Å². The Hall–Kier alpha value is -2.71. The van der Waals surface area contributed by atoms with E-state index in [1.165, 1.54) is 6.21 Å². The van der Waals surface area contributed by atoms with Crippen molar-refractivity contribution in [1.82, 2.24) is 10.7 Å². The van der Waals surface area contributed by atoms with Crippen molar-refractivity contribution in [2.75, 3.05) is 25.1 Å². The SMILES string of the molecule is CCOCCCNC(=O)C(=O)N/N=C\c1cc(Br)ccc1Nc1ccccc1. The molecule has 0 atom stereocenters. The molecule has 0 saturated carbocycles. The van der Waals surface area contributed by atoms with Gasteiger partial charge in [0.1, 0.15) is 0 Å². The molecular formula is C20H23BrN4O3. The van der Waals surface area contributed by atoms with Gasteiger partial charge in [-0.15, -0.1) is 0 Å². The molecule has 2 amide bonds. The van der Waals surface area contributed by atoms with Crippen LogP contribution in [-0.2, 0) is 14.3 Å². The van der Waals surface area contributed by atoms with Crippen LogP contribution in [0.4, 0.5) is 11.4 Å². The number of carbonyl (C=O) groups is 2. The molecule has 0 aliphatic heterocycles. The third-order valence-electron chi connectivity index (χ3n) is 3.60. The molecule has 2 aromatic carbocycles. The summed E-state index contributed by atoms with van der Waals surface area (Å²) in [5, 5.41) is 9.70. The standard InChI is InChI=1S/C20H23BrN4O3/c1-2-28-12-6-11-22-19(26)20(27)25-23-14-15-13-16(21)9-10-18(15)24-17-7-4-3-5-8-17/h3-5,7-10,13-14,24H,2,6,11-12H2,1H3,(H,22,26)(H,25,27)/b23-14-. The van der Waals surface area contributed by atoms with E-state index in [-0.39, 0.29) is 0 Å². The highest BCUT2D eigenvalue weighted by Crippen LogP contribution is 2.23. The van der Waals surface area contributed by atoms with Gasteiger partial charge in [0.2, 0.25) is 0 Å². The molecule has 0 heterocycles. The Bertz CT molecular complexity index is 812. The molecule has 0 aliphatic carbocycles. The van der Waals surface area contributed by atoms with Gasteiger partial charge in [-0.25, -0.2) is 5.43 Å². The van der Waals surface area contributed by atoms with Gasteiger partial charge in [0, 0.05) is 41.2 Å². The maximum Gasteiger partial charge on any atom is 0.329 e. The van der Waals surface area contributed by atoms with Gasteiger partial charge in [-0.3, -0.25) is 9.59 Å². The number of hydrogen-bond donors (Lipinski definition) is 3. The molecule has 0 aliphatic rings. The van der Waals surface area contributed by atoms with Crippen LogP contribution in [0.15, 0.2) is 58.1 Å². The van der Waals surface area contributed by atoms with E-state index in [4.69, 9.17) is 4.74 Å². The molecule has 8 heteroatoms. The highest BCUT2D eigenvalue weighted by atomic mass is 79.9. The van der Waals surface area contributed by atoms with Gasteiger partial charge in [-0.1, -0.05) is 34.1 Å². The minimum Gasteiger partial charge on any atom is -0.382 e. The van der Waals surface area contributed by atoms with Crippen LogP contribution in [0.2, 0.25) is 0 Å². The lowest BCUT2D eigenvalue weighted by molar-refractivity contribution is -0.139. The number of hydrogen-bond acceptors (Lipinski definition) is 5. The van der Waals surface area contributed by atoms with Crippen molar-refractivity contribution in [2.45, 2.75) is 13.3 Å². The Kier molecular flexibility index (Phi) is 9.17. The molecule has 2 aromatic rings. The fourth-order valence-electron chi connectivity index (χ4n) is 2.24. The first-order chi connectivity index (χ1) is 13.6. The zero-order valence-corrected chi connectivity index (χ0v) is 17.2. The average molecular weight is 447 g/mol. The minimum absolute atomic E-state index is 0.368. The van der Waals surface area contributed by atoms with Gasteiger partial charge in [-0.2, -0.15) is 5.10 Å². The van der Waals surface area contributed by atoms with Gasteiger partial charge >= 0.3 is 11.8 Å². The molecule has 0 fully saturated rings. The quantitative estimate of drug-likeness (QED) is 0.238. The van der Waals surface area contributed by atoms with Crippen LogP contribution in [-0.4, -0.2) is 37.8 Å². The predicted octanol–water partition coefficient (Wildman–Crippen LogP) is 3.19. The number of nitrogens with zero attached hydrogens (tertiary/aromatic N) is 1. The Morgan fingerprint density at radius 3 is 2.68 bits per heavy atom. The highest BCUT2D eigenvalue weighted by molar-refractivity contribution is 9.10. The fourth-order valence-corrected chi connectivity index (χ4v) is 2.62. The fraction of sp³-hybridized carbons (Fsp3) is 0.250. The van der Waals surface area contributed by atoms with Crippen LogP contribution >= 0.6 is 15.9 Å². The smallest absolute Gasteiger partial charge is 0.329 e. The second kappa shape index (κ2) is 11.9. The van der Waals surface area contributed by atoms with Crippen molar-refractivity contribution < 1.29 is 14.3 Å². The second-order valence-electron chi connectivity index (χ2n) is 5.73. The van der Waals surface area contributed by atoms with Gasteiger partial charge < -0.3 is 15.4 Å². The van der Waals surface area contributed by atoms with Crippen LogP contribution in [0.3, 0.4) is 0 Å². The molecule has 0 unspecified atom stereocenters. The monoisotopic (exact) mass is 446 g/mol. The van der Waals surface area contributed by atoms with Crippen LogP contribution < -0.4 is 16.1 Å². The number of ether oxygens (including phenoxy) is 1. The number of para-hydroxylation sites is 1. The Balaban J connectivity index is 1.91. The lowest BCUT2D eigenvalue weighted by Crippen LogP contribution is -2.38. The number of halogens is 1. The molecule has 148 valence electrons. The number of anilines is 2. The number of hydrazone groups is 1. The van der Waals surface area contributed by atoms with Crippen LogP contribution in [0, 0.1) is 0 Å². The van der Waals surface area contributed by atoms with Crippen molar-refractivity contribution >= 4 is 45.3 Å². The summed E-state index contributed by atoms with van der Waals surface area (Å²) < 4.78 is 6.03. The van der Waals surface area contributed by atoms with E-state index >= 15 is 0 Å². The molecule has 3 N–H and O–H groups in total. The van der Waals surface area contributed by atoms with Crippen LogP contribution in [0.25, 0.3) is 0 Å². The lowest BCUT2D eigenvalue weighted by atomic mass is 10.2. The van der Waals surface area contributed by atoms with Crippen molar-refractivity contribution in [3.05, 3.63) is 58.6 Å². The van der Waals surface area contributed by atoms with E-state index in [9.17, 15) is 9.59 Å². The Morgan fingerprint density at radius 1 is 1.14 bits per heavy atom. The summed E-state index contributed by atoms with van der Waals surface area (Å²) in [7, 11) is 0. The zero-order chi connectivity index (χ0) is 20.2. The first-order valence-corrected chi connectivity index (χ1v) is 9.70. The Labute approximate surface area is 172 Å². The maximum atomic E-state index is 11.8. The number of carbonyl (C=O) groups excluding carboxylic acids is 2. The molecule has 0 radical (unpaired) electrons. The molecule has 0 spiro atoms. The van der Waals surface area contributed by atoms with Gasteiger partial charge in [0.05, 0.1) is 6.21 Å². The second-order valence-corrected chi connectivity index (χ2v) is 6.64. The van der Waals surface area contributed by atoms with Crippen LogP contribution in [0.5, 0.6) is 0 Å². The molecule has 28 heavy (non-hydrogen) atoms. The van der Waals surface area contributed by atoms with E-state index in [0.717, 1.165) is 21.4 Å². The summed E-state index contributed by atoms with van der Waals surface area (Å²) in [6.45, 7) is 3.43. The first-order valence-electron chi connectivity index (χ1n) is 8.90. The van der Waals surface area contributed by atoms with Crippen molar-refractivity contribution in [1.29, 1.82) is 0 Å². The zero-order valence-electron chi connectivity index (χ0n) is 15.6. The van der Waals surface area contributed by atoms with Gasteiger partial charge in [0.15, 0.2) is 0 Å². The molecular weight excluding hydrogens is 424 g/mol. The minimum atomic E-state index is -0.819. The number of amides is 2. The maximum absolute atomic E-state index is 11.8. The molecule has 0 bridgehead atoms. The van der Waals surface area contributed by atoms with E-state index < -0.39 is 11.8 Å². The Morgan fingerprint density at radius 2 is 1.93 bits per heavy atom. The molecule has 2 rings (SSSR count). The largest absolute Gasteiger partial charge is 0.382 e. The third kappa shape index (κ3) is 7.50. The third-order valence-corrected chi connectivity index (χ3v) is 4.09. The summed E-state index contributed by atoms with van der Waals surface area (Å²) in [4.78, 5) is 23.5. The normalized spacial score (nSPS) is 10.6. The summed E-state index contributed by atoms with van der Waals surface area (Å²) in [5.41, 5.74) is 4.72. The van der Waals surface area contributed by atoms with Crippen molar-refractivity contribution in [3.63, 3.8) is 0 Å². The van der Waals surface area contributed by atoms with Crippen LogP contribution in [0.1, 0.15) is 18.9 Å². The predicted molar refractivity (Wildman–Crippen MR) is 114 cm³/mol. The lowest BCUT2D eigenvalue weighted by Gasteiger charge is -2.10. The topological polar surface area (TPSA) is 91.8 Å². The van der Waals surface area contributed by atoms with Crippen molar-refractivity contribution in [2.24, 2.45) is 5.10 Å². The number of benzene rings is 2. The highest BCUT2D eigenvalue weighted by Gasteiger charge is 2.11. The molecule has 7 nitrogen and oxygen atoms in total.